The number of aromatic nitrogens is 2. The summed E-state index contributed by atoms with van der Waals surface area (Å²) in [6, 6.07) is 8.57. The summed E-state index contributed by atoms with van der Waals surface area (Å²) >= 11 is 6.01. The maximum atomic E-state index is 13.2. The van der Waals surface area contributed by atoms with E-state index in [1.54, 1.807) is 12.1 Å². The van der Waals surface area contributed by atoms with Gasteiger partial charge in [-0.25, -0.2) is 9.37 Å². The molecule has 0 saturated heterocycles. The Labute approximate surface area is 108 Å². The van der Waals surface area contributed by atoms with Crippen LogP contribution in [0.4, 0.5) is 4.39 Å². The van der Waals surface area contributed by atoms with Gasteiger partial charge in [0.1, 0.15) is 11.5 Å². The molecule has 0 aliphatic heterocycles. The molecular formula is C14H8ClFN2. The molecule has 2 aromatic heterocycles. The van der Waals surface area contributed by atoms with E-state index in [1.165, 1.54) is 6.07 Å². The minimum Gasteiger partial charge on any atom is -0.302 e. The van der Waals surface area contributed by atoms with E-state index in [0.717, 1.165) is 28.2 Å². The molecule has 0 atom stereocenters. The molecule has 1 aliphatic carbocycles. The van der Waals surface area contributed by atoms with Gasteiger partial charge < -0.3 is 4.40 Å². The first-order chi connectivity index (χ1) is 8.72. The molecule has 4 heteroatoms. The van der Waals surface area contributed by atoms with Crippen LogP contribution in [0.15, 0.2) is 36.5 Å². The summed E-state index contributed by atoms with van der Waals surface area (Å²) in [7, 11) is 0. The second-order valence-corrected chi connectivity index (χ2v) is 4.90. The van der Waals surface area contributed by atoms with Gasteiger partial charge in [0.2, 0.25) is 0 Å². The van der Waals surface area contributed by atoms with Gasteiger partial charge >= 0.3 is 0 Å². The van der Waals surface area contributed by atoms with Crippen LogP contribution >= 0.6 is 11.6 Å². The fraction of sp³-hybridized carbons (Fsp3) is 0.0714. The molecular weight excluding hydrogens is 251 g/mol. The normalized spacial score (nSPS) is 12.8. The molecule has 1 aromatic carbocycles. The highest BCUT2D eigenvalue weighted by Crippen LogP contribution is 2.37. The molecule has 18 heavy (non-hydrogen) atoms. The third-order valence-corrected chi connectivity index (χ3v) is 3.59. The summed E-state index contributed by atoms with van der Waals surface area (Å²) in [6.07, 6.45) is 2.55. The van der Waals surface area contributed by atoms with Crippen LogP contribution in [0, 0.1) is 5.82 Å². The van der Waals surface area contributed by atoms with Gasteiger partial charge in [-0.2, -0.15) is 0 Å². The van der Waals surface area contributed by atoms with E-state index in [-0.39, 0.29) is 5.82 Å². The maximum absolute atomic E-state index is 13.2. The van der Waals surface area contributed by atoms with Crippen molar-refractivity contribution in [1.82, 2.24) is 9.38 Å². The fourth-order valence-electron chi connectivity index (χ4n) is 2.57. The standard InChI is InChI=1S/C14H8ClFN2/c15-9-1-4-13-17-14-11-3-2-10(16)5-8(11)6-12(14)18(13)7-9/h1-5,7H,6H2. The highest BCUT2D eigenvalue weighted by Gasteiger charge is 2.24. The smallest absolute Gasteiger partial charge is 0.137 e. The first-order valence-corrected chi connectivity index (χ1v) is 6.05. The molecule has 0 bridgehead atoms. The second-order valence-electron chi connectivity index (χ2n) is 4.46. The van der Waals surface area contributed by atoms with Crippen LogP contribution in [0.3, 0.4) is 0 Å². The van der Waals surface area contributed by atoms with E-state index >= 15 is 0 Å². The van der Waals surface area contributed by atoms with Crippen molar-refractivity contribution >= 4 is 17.2 Å². The zero-order valence-corrected chi connectivity index (χ0v) is 10.1. The van der Waals surface area contributed by atoms with Gasteiger partial charge in [0.05, 0.1) is 16.4 Å². The summed E-state index contributed by atoms with van der Waals surface area (Å²) in [6.45, 7) is 0. The van der Waals surface area contributed by atoms with E-state index in [4.69, 9.17) is 11.6 Å². The van der Waals surface area contributed by atoms with Crippen molar-refractivity contribution in [3.63, 3.8) is 0 Å². The second kappa shape index (κ2) is 3.33. The Hall–Kier alpha value is -1.87. The molecule has 0 saturated carbocycles. The van der Waals surface area contributed by atoms with Crippen molar-refractivity contribution in [2.45, 2.75) is 6.42 Å². The Balaban J connectivity index is 2.04. The molecule has 1 aliphatic rings. The molecule has 0 radical (unpaired) electrons. The predicted molar refractivity (Wildman–Crippen MR) is 68.4 cm³/mol. The van der Waals surface area contributed by atoms with Crippen LogP contribution in [-0.4, -0.2) is 9.38 Å². The van der Waals surface area contributed by atoms with Gasteiger partial charge in [0.25, 0.3) is 0 Å². The van der Waals surface area contributed by atoms with E-state index < -0.39 is 0 Å². The lowest BCUT2D eigenvalue weighted by Gasteiger charge is -2.00. The monoisotopic (exact) mass is 258 g/mol. The largest absolute Gasteiger partial charge is 0.302 e. The van der Waals surface area contributed by atoms with Crippen molar-refractivity contribution < 1.29 is 4.39 Å². The van der Waals surface area contributed by atoms with Crippen molar-refractivity contribution in [3.05, 3.63) is 58.6 Å². The van der Waals surface area contributed by atoms with E-state index in [9.17, 15) is 4.39 Å². The minimum absolute atomic E-state index is 0.203. The van der Waals surface area contributed by atoms with Crippen molar-refractivity contribution in [2.24, 2.45) is 0 Å². The fourth-order valence-corrected chi connectivity index (χ4v) is 2.73. The number of rotatable bonds is 0. The molecule has 3 aromatic rings. The molecule has 0 fully saturated rings. The van der Waals surface area contributed by atoms with Gasteiger partial charge in [-0.1, -0.05) is 11.6 Å². The number of nitrogens with zero attached hydrogens (tertiary/aromatic N) is 2. The summed E-state index contributed by atoms with van der Waals surface area (Å²) in [5, 5.41) is 0.671. The number of pyridine rings is 1. The van der Waals surface area contributed by atoms with Crippen LogP contribution in [0.25, 0.3) is 16.9 Å². The molecule has 88 valence electrons. The van der Waals surface area contributed by atoms with E-state index in [1.807, 2.05) is 22.7 Å². The lowest BCUT2D eigenvalue weighted by atomic mass is 10.1. The summed E-state index contributed by atoms with van der Waals surface area (Å²) in [5.41, 5.74) is 4.90. The topological polar surface area (TPSA) is 17.3 Å². The third kappa shape index (κ3) is 1.25. The van der Waals surface area contributed by atoms with Crippen LogP contribution < -0.4 is 0 Å². The highest BCUT2D eigenvalue weighted by atomic mass is 35.5. The SMILES string of the molecule is Fc1ccc2c(c1)Cc1c-2nc2ccc(Cl)cn12. The first-order valence-electron chi connectivity index (χ1n) is 5.68. The molecule has 0 spiro atoms. The molecule has 2 heterocycles. The van der Waals surface area contributed by atoms with Gasteiger partial charge in [-0.15, -0.1) is 0 Å². The Bertz CT molecular complexity index is 792. The Kier molecular flexibility index (Phi) is 1.87. The Morgan fingerprint density at radius 3 is 3.00 bits per heavy atom. The average molecular weight is 259 g/mol. The zero-order valence-electron chi connectivity index (χ0n) is 9.32. The maximum Gasteiger partial charge on any atom is 0.137 e. The van der Waals surface area contributed by atoms with E-state index in [0.29, 0.717) is 11.4 Å². The van der Waals surface area contributed by atoms with Crippen molar-refractivity contribution in [1.29, 1.82) is 0 Å². The first kappa shape index (κ1) is 10.1. The molecule has 0 unspecified atom stereocenters. The van der Waals surface area contributed by atoms with Gasteiger partial charge in [-0.05, 0) is 35.9 Å². The Morgan fingerprint density at radius 1 is 1.22 bits per heavy atom. The lowest BCUT2D eigenvalue weighted by molar-refractivity contribution is 0.626. The van der Waals surface area contributed by atoms with Crippen LogP contribution in [0.2, 0.25) is 5.02 Å². The zero-order chi connectivity index (χ0) is 12.3. The number of hydrogen-bond acceptors (Lipinski definition) is 1. The number of imidazole rings is 1. The average Bonchev–Trinajstić information content (AvgIpc) is 2.84. The lowest BCUT2D eigenvalue weighted by Crippen LogP contribution is -1.91. The van der Waals surface area contributed by atoms with Gasteiger partial charge in [-0.3, -0.25) is 0 Å². The van der Waals surface area contributed by atoms with Crippen LogP contribution in [0.5, 0.6) is 0 Å². The Morgan fingerprint density at radius 2 is 2.11 bits per heavy atom. The van der Waals surface area contributed by atoms with Crippen molar-refractivity contribution in [2.75, 3.05) is 0 Å². The molecule has 2 nitrogen and oxygen atoms in total. The summed E-state index contributed by atoms with van der Waals surface area (Å²) < 4.78 is 15.2. The number of fused-ring (bicyclic) bond motifs is 5. The van der Waals surface area contributed by atoms with Crippen molar-refractivity contribution in [3.8, 4) is 11.3 Å². The molecule has 0 amide bonds. The van der Waals surface area contributed by atoms with Gasteiger partial charge in [0.15, 0.2) is 0 Å². The highest BCUT2D eigenvalue weighted by molar-refractivity contribution is 6.30. The number of benzene rings is 1. The third-order valence-electron chi connectivity index (χ3n) is 3.36. The predicted octanol–water partition coefficient (Wildman–Crippen LogP) is 3.70. The minimum atomic E-state index is -0.203. The quantitative estimate of drug-likeness (QED) is 0.470. The van der Waals surface area contributed by atoms with E-state index in [2.05, 4.69) is 4.98 Å². The van der Waals surface area contributed by atoms with Crippen LogP contribution in [0.1, 0.15) is 11.3 Å². The molecule has 0 N–H and O–H groups in total. The summed E-state index contributed by atoms with van der Waals surface area (Å²) in [5.74, 6) is -0.203. The number of hydrogen-bond donors (Lipinski definition) is 0. The summed E-state index contributed by atoms with van der Waals surface area (Å²) in [4.78, 5) is 4.59. The molecule has 4 rings (SSSR count). The number of halogens is 2. The van der Waals surface area contributed by atoms with Crippen LogP contribution in [-0.2, 0) is 6.42 Å². The van der Waals surface area contributed by atoms with Gasteiger partial charge in [0, 0.05) is 18.2 Å².